The first kappa shape index (κ1) is 20.6. The van der Waals surface area contributed by atoms with E-state index in [0.717, 1.165) is 0 Å². The molecular weight excluding hydrogens is 358 g/mol. The topological polar surface area (TPSA) is 116 Å². The molecule has 2 aromatic rings. The summed E-state index contributed by atoms with van der Waals surface area (Å²) in [5, 5.41) is 8.58. The van der Waals surface area contributed by atoms with E-state index in [2.05, 4.69) is 49.1 Å². The molecule has 0 radical (unpaired) electrons. The van der Waals surface area contributed by atoms with Gasteiger partial charge in [0.15, 0.2) is 5.82 Å². The third kappa shape index (κ3) is 5.37. The molecule has 0 atom stereocenters. The van der Waals surface area contributed by atoms with Gasteiger partial charge in [-0.15, -0.1) is 10.2 Å². The molecule has 7 nitrogen and oxygen atoms in total. The lowest BCUT2D eigenvalue weighted by molar-refractivity contribution is -0.117. The molecule has 0 fully saturated rings. The van der Waals surface area contributed by atoms with Crippen molar-refractivity contribution in [2.24, 2.45) is 16.0 Å². The van der Waals surface area contributed by atoms with Crippen molar-refractivity contribution in [2.75, 3.05) is 5.73 Å². The SMILES string of the molecule is CC(C)(C)[Si](C)(C)Oc1ccccc1/N=N/c1ccc(CC(N)=O)nc1N. The van der Waals surface area contributed by atoms with Gasteiger partial charge >= 0.3 is 0 Å². The molecule has 1 aromatic heterocycles. The summed E-state index contributed by atoms with van der Waals surface area (Å²) in [5.41, 5.74) is 12.6. The van der Waals surface area contributed by atoms with Crippen LogP contribution in [0.5, 0.6) is 5.75 Å². The fraction of sp³-hybridized carbons (Fsp3) is 0.368. The van der Waals surface area contributed by atoms with Gasteiger partial charge in [-0.1, -0.05) is 32.9 Å². The van der Waals surface area contributed by atoms with E-state index < -0.39 is 14.2 Å². The zero-order chi connectivity index (χ0) is 20.2. The van der Waals surface area contributed by atoms with Crippen molar-refractivity contribution in [2.45, 2.75) is 45.3 Å². The van der Waals surface area contributed by atoms with Crippen molar-refractivity contribution in [3.63, 3.8) is 0 Å². The zero-order valence-electron chi connectivity index (χ0n) is 16.5. The van der Waals surface area contributed by atoms with Crippen LogP contribution in [0.15, 0.2) is 46.6 Å². The zero-order valence-corrected chi connectivity index (χ0v) is 17.5. The molecule has 0 aliphatic carbocycles. The number of nitrogens with two attached hydrogens (primary N) is 2. The van der Waals surface area contributed by atoms with Gasteiger partial charge in [-0.05, 0) is 42.4 Å². The Hall–Kier alpha value is -2.74. The molecule has 27 heavy (non-hydrogen) atoms. The Bertz CT molecular complexity index is 859. The van der Waals surface area contributed by atoms with Gasteiger partial charge in [0.2, 0.25) is 5.91 Å². The maximum Gasteiger partial charge on any atom is 0.250 e. The van der Waals surface area contributed by atoms with Crippen molar-refractivity contribution in [1.29, 1.82) is 0 Å². The van der Waals surface area contributed by atoms with E-state index in [4.69, 9.17) is 15.9 Å². The number of benzene rings is 1. The minimum Gasteiger partial charge on any atom is -0.542 e. The van der Waals surface area contributed by atoms with Crippen LogP contribution in [0, 0.1) is 0 Å². The Morgan fingerprint density at radius 3 is 2.33 bits per heavy atom. The third-order valence-electron chi connectivity index (χ3n) is 4.62. The van der Waals surface area contributed by atoms with Crippen molar-refractivity contribution in [3.05, 3.63) is 42.1 Å². The lowest BCUT2D eigenvalue weighted by Crippen LogP contribution is -2.43. The summed E-state index contributed by atoms with van der Waals surface area (Å²) < 4.78 is 6.37. The molecule has 8 heteroatoms. The normalized spacial score (nSPS) is 12.3. The number of nitrogens with zero attached hydrogens (tertiary/aromatic N) is 3. The van der Waals surface area contributed by atoms with Crippen LogP contribution in [-0.4, -0.2) is 19.2 Å². The van der Waals surface area contributed by atoms with Gasteiger partial charge in [-0.3, -0.25) is 4.79 Å². The fourth-order valence-corrected chi connectivity index (χ4v) is 3.06. The number of hydrogen-bond donors (Lipinski definition) is 2. The number of nitrogen functional groups attached to an aromatic ring is 1. The number of carbonyl (C=O) groups excluding carboxylic acids is 1. The predicted molar refractivity (Wildman–Crippen MR) is 110 cm³/mol. The number of rotatable bonds is 6. The van der Waals surface area contributed by atoms with Gasteiger partial charge in [0.05, 0.1) is 12.1 Å². The van der Waals surface area contributed by atoms with Crippen LogP contribution in [0.25, 0.3) is 0 Å². The molecule has 0 bridgehead atoms. The van der Waals surface area contributed by atoms with Crippen LogP contribution in [0.1, 0.15) is 26.5 Å². The van der Waals surface area contributed by atoms with E-state index in [9.17, 15) is 4.79 Å². The van der Waals surface area contributed by atoms with E-state index in [0.29, 0.717) is 22.8 Å². The number of hydrogen-bond acceptors (Lipinski definition) is 6. The molecule has 1 aromatic carbocycles. The Kier molecular flexibility index (Phi) is 6.00. The molecule has 1 heterocycles. The van der Waals surface area contributed by atoms with E-state index in [1.807, 2.05) is 24.3 Å². The Morgan fingerprint density at radius 2 is 1.74 bits per heavy atom. The molecule has 0 saturated heterocycles. The third-order valence-corrected chi connectivity index (χ3v) is 8.96. The summed E-state index contributed by atoms with van der Waals surface area (Å²) in [6, 6.07) is 10.9. The van der Waals surface area contributed by atoms with Crippen LogP contribution in [0.2, 0.25) is 18.1 Å². The second-order valence-corrected chi connectivity index (χ2v) is 12.6. The second-order valence-electron chi connectivity index (χ2n) is 7.88. The quantitative estimate of drug-likeness (QED) is 0.563. The maximum absolute atomic E-state index is 11.0. The van der Waals surface area contributed by atoms with Crippen molar-refractivity contribution in [1.82, 2.24) is 4.98 Å². The van der Waals surface area contributed by atoms with Gasteiger partial charge in [0.1, 0.15) is 17.1 Å². The minimum atomic E-state index is -2.00. The highest BCUT2D eigenvalue weighted by molar-refractivity contribution is 6.74. The minimum absolute atomic E-state index is 0.0325. The van der Waals surface area contributed by atoms with Crippen LogP contribution in [0.4, 0.5) is 17.2 Å². The lowest BCUT2D eigenvalue weighted by Gasteiger charge is -2.36. The number of anilines is 1. The highest BCUT2D eigenvalue weighted by Gasteiger charge is 2.39. The number of pyridine rings is 1. The van der Waals surface area contributed by atoms with E-state index in [1.54, 1.807) is 12.1 Å². The van der Waals surface area contributed by atoms with Gasteiger partial charge in [-0.25, -0.2) is 4.98 Å². The largest absolute Gasteiger partial charge is 0.542 e. The van der Waals surface area contributed by atoms with Crippen molar-refractivity contribution < 1.29 is 9.22 Å². The smallest absolute Gasteiger partial charge is 0.250 e. The standard InChI is InChI=1S/C19H27N5O2Si/c1-19(2,3)27(4,5)26-16-9-7-6-8-14(16)23-24-15-11-10-13(12-17(20)25)22-18(15)21/h6-11H,12H2,1-5H3,(H2,20,25)(H2,21,22)/b24-23+. The molecule has 144 valence electrons. The summed E-state index contributed by atoms with van der Waals surface area (Å²) in [6.45, 7) is 10.9. The van der Waals surface area contributed by atoms with Gasteiger partial charge in [0, 0.05) is 0 Å². The Morgan fingerprint density at radius 1 is 1.11 bits per heavy atom. The predicted octanol–water partition coefficient (Wildman–Crippen LogP) is 4.49. The summed E-state index contributed by atoms with van der Waals surface area (Å²) in [6.07, 6.45) is 0.0325. The first-order valence-electron chi connectivity index (χ1n) is 8.73. The highest BCUT2D eigenvalue weighted by atomic mass is 28.4. The number of para-hydroxylation sites is 1. The Balaban J connectivity index is 2.27. The number of amides is 1. The van der Waals surface area contributed by atoms with Gasteiger partial charge in [-0.2, -0.15) is 0 Å². The van der Waals surface area contributed by atoms with Crippen LogP contribution < -0.4 is 15.9 Å². The molecule has 1 amide bonds. The summed E-state index contributed by atoms with van der Waals surface area (Å²) in [5.74, 6) is 0.429. The molecule has 0 saturated carbocycles. The number of primary amides is 1. The van der Waals surface area contributed by atoms with Crippen LogP contribution >= 0.6 is 0 Å². The molecule has 0 aliphatic rings. The molecule has 0 aliphatic heterocycles. The molecule has 0 spiro atoms. The van der Waals surface area contributed by atoms with Gasteiger partial charge in [0.25, 0.3) is 8.32 Å². The monoisotopic (exact) mass is 385 g/mol. The Labute approximate surface area is 161 Å². The van der Waals surface area contributed by atoms with Crippen LogP contribution in [-0.2, 0) is 11.2 Å². The van der Waals surface area contributed by atoms with E-state index in [-0.39, 0.29) is 17.3 Å². The first-order valence-corrected chi connectivity index (χ1v) is 11.6. The summed E-state index contributed by atoms with van der Waals surface area (Å²) in [7, 11) is -2.00. The van der Waals surface area contributed by atoms with E-state index >= 15 is 0 Å². The van der Waals surface area contributed by atoms with Crippen LogP contribution in [0.3, 0.4) is 0 Å². The highest BCUT2D eigenvalue weighted by Crippen LogP contribution is 2.40. The first-order chi connectivity index (χ1) is 12.5. The average Bonchev–Trinajstić information content (AvgIpc) is 2.53. The summed E-state index contributed by atoms with van der Waals surface area (Å²) in [4.78, 5) is 15.1. The second kappa shape index (κ2) is 7.87. The molecule has 0 unspecified atom stereocenters. The number of azo groups is 1. The molecular formula is C19H27N5O2Si. The summed E-state index contributed by atoms with van der Waals surface area (Å²) >= 11 is 0. The molecule has 4 N–H and O–H groups in total. The maximum atomic E-state index is 11.0. The fourth-order valence-electron chi connectivity index (χ4n) is 2.03. The lowest BCUT2D eigenvalue weighted by atomic mass is 10.2. The van der Waals surface area contributed by atoms with Gasteiger partial charge < -0.3 is 15.9 Å². The number of carbonyl (C=O) groups is 1. The average molecular weight is 386 g/mol. The molecule has 2 rings (SSSR count). The number of aromatic nitrogens is 1. The van der Waals surface area contributed by atoms with Crippen molar-refractivity contribution in [3.8, 4) is 5.75 Å². The van der Waals surface area contributed by atoms with E-state index in [1.165, 1.54) is 0 Å². The van der Waals surface area contributed by atoms with Crippen molar-refractivity contribution >= 4 is 31.4 Å².